The first-order chi connectivity index (χ1) is 10.3. The Kier molecular flexibility index (Phi) is 3.13. The number of imide groups is 1. The highest BCUT2D eigenvalue weighted by Gasteiger charge is 2.32. The average molecular weight is 366 g/mol. The van der Waals surface area contributed by atoms with Crippen LogP contribution in [0.25, 0.3) is 5.69 Å². The van der Waals surface area contributed by atoms with Crippen molar-refractivity contribution in [3.05, 3.63) is 55.5 Å². The molecule has 3 rings (SSSR count). The van der Waals surface area contributed by atoms with E-state index in [1.165, 1.54) is 12.1 Å². The van der Waals surface area contributed by atoms with Crippen LogP contribution in [0.1, 0.15) is 26.3 Å². The lowest BCUT2D eigenvalue weighted by Crippen LogP contribution is -2.25. The van der Waals surface area contributed by atoms with Gasteiger partial charge < -0.3 is 5.73 Å². The van der Waals surface area contributed by atoms with Gasteiger partial charge in [0.2, 0.25) is 0 Å². The molecule has 0 fully saturated rings. The van der Waals surface area contributed by atoms with Crippen LogP contribution in [0.3, 0.4) is 0 Å². The Morgan fingerprint density at radius 3 is 2.50 bits per heavy atom. The van der Waals surface area contributed by atoms with Gasteiger partial charge in [0.15, 0.2) is 0 Å². The van der Waals surface area contributed by atoms with Gasteiger partial charge in [-0.2, -0.15) is 0 Å². The molecule has 0 atom stereocenters. The Morgan fingerprint density at radius 2 is 1.86 bits per heavy atom. The lowest BCUT2D eigenvalue weighted by molar-refractivity contribution is 0.0880. The summed E-state index contributed by atoms with van der Waals surface area (Å²) >= 11 is 3.19. The minimum Gasteiger partial charge on any atom is -0.384 e. The third kappa shape index (κ3) is 1.95. The van der Waals surface area contributed by atoms with Crippen LogP contribution < -0.4 is 16.6 Å². The molecule has 0 unspecified atom stereocenters. The summed E-state index contributed by atoms with van der Waals surface area (Å²) in [5, 5.41) is 2.09. The number of aryl methyl sites for hydroxylation is 1. The topological polar surface area (TPSA) is 94.2 Å². The molecule has 1 aromatic heterocycles. The summed E-state index contributed by atoms with van der Waals surface area (Å²) in [4.78, 5) is 35.7. The number of hydrogen-bond acceptors (Lipinski definition) is 4. The lowest BCUT2D eigenvalue weighted by Gasteiger charge is -2.15. The maximum Gasteiger partial charge on any atom is 0.262 e. The normalized spacial score (nSPS) is 13.2. The van der Waals surface area contributed by atoms with Crippen molar-refractivity contribution in [2.45, 2.75) is 6.92 Å². The number of benzene rings is 1. The van der Waals surface area contributed by atoms with Crippen LogP contribution in [0, 0.1) is 12.7 Å². The lowest BCUT2D eigenvalue weighted by atomic mass is 10.1. The second kappa shape index (κ2) is 4.77. The maximum atomic E-state index is 13.4. The van der Waals surface area contributed by atoms with E-state index in [0.717, 1.165) is 10.6 Å². The number of nitrogens with two attached hydrogens (primary N) is 1. The Morgan fingerprint density at radius 1 is 1.18 bits per heavy atom. The monoisotopic (exact) mass is 365 g/mol. The molecule has 1 aliphatic heterocycles. The van der Waals surface area contributed by atoms with Crippen molar-refractivity contribution in [1.29, 1.82) is 0 Å². The summed E-state index contributed by atoms with van der Waals surface area (Å²) in [7, 11) is 0. The van der Waals surface area contributed by atoms with Gasteiger partial charge in [-0.1, -0.05) is 0 Å². The molecule has 0 saturated carbocycles. The molecule has 0 saturated heterocycles. The highest BCUT2D eigenvalue weighted by atomic mass is 79.9. The van der Waals surface area contributed by atoms with E-state index in [4.69, 9.17) is 5.73 Å². The predicted molar refractivity (Wildman–Crippen MR) is 80.6 cm³/mol. The molecule has 0 aliphatic carbocycles. The quantitative estimate of drug-likeness (QED) is 0.749. The maximum absolute atomic E-state index is 13.4. The van der Waals surface area contributed by atoms with E-state index >= 15 is 0 Å². The minimum absolute atomic E-state index is 0.0553. The minimum atomic E-state index is -0.665. The number of nitrogens with one attached hydrogen (secondary N) is 1. The molecule has 2 amide bonds. The largest absolute Gasteiger partial charge is 0.384 e. The summed E-state index contributed by atoms with van der Waals surface area (Å²) in [5.74, 6) is -1.97. The van der Waals surface area contributed by atoms with Crippen LogP contribution in [-0.2, 0) is 0 Å². The van der Waals surface area contributed by atoms with Gasteiger partial charge in [0.05, 0.1) is 16.8 Å². The fraction of sp³-hybridized carbons (Fsp3) is 0.0714. The number of amides is 2. The average Bonchev–Trinajstić information content (AvgIpc) is 2.67. The first-order valence-electron chi connectivity index (χ1n) is 6.18. The Hall–Kier alpha value is -2.48. The molecule has 1 aromatic carbocycles. The number of pyridine rings is 1. The molecule has 2 aromatic rings. The number of carbonyl (C=O) groups excluding carboxylic acids is 2. The number of hydrogen-bond donors (Lipinski definition) is 2. The van der Waals surface area contributed by atoms with E-state index in [2.05, 4.69) is 21.2 Å². The first-order valence-corrected chi connectivity index (χ1v) is 6.97. The van der Waals surface area contributed by atoms with Crippen molar-refractivity contribution in [2.75, 3.05) is 5.73 Å². The number of nitrogens with zero attached hydrogens (tertiary/aromatic N) is 1. The van der Waals surface area contributed by atoms with Gasteiger partial charge in [-0.05, 0) is 40.5 Å². The van der Waals surface area contributed by atoms with E-state index < -0.39 is 23.2 Å². The van der Waals surface area contributed by atoms with E-state index in [-0.39, 0.29) is 16.9 Å². The molecule has 2 heterocycles. The number of aromatic nitrogens is 1. The zero-order valence-corrected chi connectivity index (χ0v) is 12.8. The molecular formula is C14H9BrFN3O3. The van der Waals surface area contributed by atoms with Gasteiger partial charge in [-0.3, -0.25) is 24.3 Å². The molecule has 1 aliphatic rings. The van der Waals surface area contributed by atoms with Crippen molar-refractivity contribution in [2.24, 2.45) is 0 Å². The van der Waals surface area contributed by atoms with E-state index in [9.17, 15) is 18.8 Å². The molecule has 8 heteroatoms. The van der Waals surface area contributed by atoms with E-state index in [1.54, 1.807) is 6.92 Å². The fourth-order valence-corrected chi connectivity index (χ4v) is 3.20. The smallest absolute Gasteiger partial charge is 0.262 e. The second-order valence-electron chi connectivity index (χ2n) is 4.83. The Labute approximate surface area is 131 Å². The van der Waals surface area contributed by atoms with Crippen molar-refractivity contribution in [1.82, 2.24) is 9.88 Å². The molecule has 0 radical (unpaired) electrons. The number of halogens is 2. The van der Waals surface area contributed by atoms with Gasteiger partial charge in [-0.25, -0.2) is 4.39 Å². The standard InChI is InChI=1S/C14H9BrFN3O3/c1-5-2-6(16)3-8(15)11(5)19-9(20)4-7-10(12(19)17)14(22)18-13(7)21/h2-4H,17H2,1H3,(H,18,21,22). The number of nitrogen functional groups attached to an aromatic ring is 1. The molecule has 0 spiro atoms. The molecule has 3 N–H and O–H groups in total. The van der Waals surface area contributed by atoms with Gasteiger partial charge in [-0.15, -0.1) is 0 Å². The van der Waals surface area contributed by atoms with Crippen LogP contribution in [0.5, 0.6) is 0 Å². The van der Waals surface area contributed by atoms with E-state index in [0.29, 0.717) is 15.7 Å². The zero-order valence-electron chi connectivity index (χ0n) is 11.2. The molecular weight excluding hydrogens is 357 g/mol. The highest BCUT2D eigenvalue weighted by Crippen LogP contribution is 2.29. The molecule has 6 nitrogen and oxygen atoms in total. The number of fused-ring (bicyclic) bond motifs is 1. The third-order valence-corrected chi connectivity index (χ3v) is 4.00. The number of anilines is 1. The first kappa shape index (κ1) is 14.5. The summed E-state index contributed by atoms with van der Waals surface area (Å²) < 4.78 is 14.8. The third-order valence-electron chi connectivity index (χ3n) is 3.40. The van der Waals surface area contributed by atoms with Gasteiger partial charge >= 0.3 is 0 Å². The Balaban J connectivity index is 2.40. The summed E-state index contributed by atoms with van der Waals surface area (Å²) in [6, 6.07) is 3.47. The zero-order chi connectivity index (χ0) is 16.2. The Bertz CT molecular complexity index is 897. The molecule has 112 valence electrons. The summed E-state index contributed by atoms with van der Waals surface area (Å²) in [6.07, 6.45) is 0. The fourth-order valence-electron chi connectivity index (χ4n) is 2.49. The van der Waals surface area contributed by atoms with Gasteiger partial charge in [0.1, 0.15) is 11.6 Å². The summed E-state index contributed by atoms with van der Waals surface area (Å²) in [6.45, 7) is 1.60. The second-order valence-corrected chi connectivity index (χ2v) is 5.68. The van der Waals surface area contributed by atoms with Crippen LogP contribution in [0.15, 0.2) is 27.5 Å². The van der Waals surface area contributed by atoms with Crippen LogP contribution in [0.2, 0.25) is 0 Å². The van der Waals surface area contributed by atoms with Crippen molar-refractivity contribution >= 4 is 33.6 Å². The number of rotatable bonds is 1. The van der Waals surface area contributed by atoms with Crippen molar-refractivity contribution < 1.29 is 14.0 Å². The predicted octanol–water partition coefficient (Wildman–Crippen LogP) is 1.51. The van der Waals surface area contributed by atoms with Crippen LogP contribution in [0.4, 0.5) is 10.2 Å². The highest BCUT2D eigenvalue weighted by molar-refractivity contribution is 9.10. The van der Waals surface area contributed by atoms with Gasteiger partial charge in [0, 0.05) is 10.5 Å². The van der Waals surface area contributed by atoms with Crippen LogP contribution >= 0.6 is 15.9 Å². The number of carbonyl (C=O) groups is 2. The van der Waals surface area contributed by atoms with Crippen molar-refractivity contribution in [3.8, 4) is 5.69 Å². The summed E-state index contributed by atoms with van der Waals surface area (Å²) in [5.41, 5.74) is 6.00. The van der Waals surface area contributed by atoms with Crippen LogP contribution in [-0.4, -0.2) is 16.4 Å². The SMILES string of the molecule is Cc1cc(F)cc(Br)c1-n1c(N)c2c(cc1=O)C(=O)NC2=O. The van der Waals surface area contributed by atoms with Crippen molar-refractivity contribution in [3.63, 3.8) is 0 Å². The van der Waals surface area contributed by atoms with E-state index in [1.807, 2.05) is 0 Å². The molecule has 0 bridgehead atoms. The van der Waals surface area contributed by atoms with Gasteiger partial charge in [0.25, 0.3) is 17.4 Å². The molecule has 22 heavy (non-hydrogen) atoms.